The number of hydrogen-bond acceptors (Lipinski definition) is 3. The minimum absolute atomic E-state index is 0.104. The molecule has 0 aliphatic heterocycles. The number of methoxy groups -OCH3 is 1. The third-order valence-electron chi connectivity index (χ3n) is 4.64. The van der Waals surface area contributed by atoms with Crippen LogP contribution in [-0.4, -0.2) is 36.4 Å². The smallest absolute Gasteiger partial charge is 0.220 e. The lowest BCUT2D eigenvalue weighted by Crippen LogP contribution is -2.51. The van der Waals surface area contributed by atoms with E-state index in [1.807, 2.05) is 0 Å². The number of hydrogen-bond donors (Lipinski definition) is 2. The largest absolute Gasteiger partial charge is 0.388 e. The van der Waals surface area contributed by atoms with E-state index in [1.165, 1.54) is 32.1 Å². The summed E-state index contributed by atoms with van der Waals surface area (Å²) in [6, 6.07) is -0.130. The van der Waals surface area contributed by atoms with Crippen LogP contribution in [0.3, 0.4) is 0 Å². The molecule has 0 spiro atoms. The number of carbonyl (C=O) groups is 1. The molecule has 19 heavy (non-hydrogen) atoms. The zero-order valence-corrected chi connectivity index (χ0v) is 11.9. The predicted octanol–water partition coefficient (Wildman–Crippen LogP) is 2.00. The molecule has 2 fully saturated rings. The van der Waals surface area contributed by atoms with Gasteiger partial charge in [-0.15, -0.1) is 0 Å². The molecule has 0 aromatic carbocycles. The van der Waals surface area contributed by atoms with Crippen LogP contribution >= 0.6 is 0 Å². The van der Waals surface area contributed by atoms with E-state index < -0.39 is 6.10 Å². The summed E-state index contributed by atoms with van der Waals surface area (Å²) in [6.45, 7) is 0. The number of nitrogens with one attached hydrogen (secondary N) is 1. The quantitative estimate of drug-likeness (QED) is 0.820. The van der Waals surface area contributed by atoms with Gasteiger partial charge in [-0.2, -0.15) is 0 Å². The van der Waals surface area contributed by atoms with Gasteiger partial charge in [0, 0.05) is 13.5 Å². The summed E-state index contributed by atoms with van der Waals surface area (Å²) in [5.41, 5.74) is 0. The second kappa shape index (κ2) is 7.25. The normalized spacial score (nSPS) is 33.1. The van der Waals surface area contributed by atoms with Crippen molar-refractivity contribution in [3.05, 3.63) is 0 Å². The number of carbonyl (C=O) groups excluding carboxylic acids is 1. The van der Waals surface area contributed by atoms with Gasteiger partial charge in [0.25, 0.3) is 0 Å². The van der Waals surface area contributed by atoms with Gasteiger partial charge in [-0.3, -0.25) is 4.79 Å². The maximum absolute atomic E-state index is 12.1. The fourth-order valence-electron chi connectivity index (χ4n) is 3.47. The monoisotopic (exact) mass is 269 g/mol. The molecule has 2 saturated carbocycles. The van der Waals surface area contributed by atoms with Gasteiger partial charge < -0.3 is 15.2 Å². The number of aliphatic hydroxyl groups excluding tert-OH is 1. The molecule has 0 unspecified atom stereocenters. The molecule has 0 aromatic rings. The minimum atomic E-state index is -0.561. The number of rotatable bonds is 4. The Balaban J connectivity index is 1.77. The zero-order chi connectivity index (χ0) is 13.7. The molecular formula is C15H27NO3. The van der Waals surface area contributed by atoms with Crippen molar-refractivity contribution in [3.63, 3.8) is 0 Å². The molecule has 2 rings (SSSR count). The lowest BCUT2D eigenvalue weighted by Gasteiger charge is -2.34. The van der Waals surface area contributed by atoms with E-state index in [0.29, 0.717) is 12.3 Å². The van der Waals surface area contributed by atoms with Crippen LogP contribution in [0.15, 0.2) is 0 Å². The van der Waals surface area contributed by atoms with E-state index in [1.54, 1.807) is 7.11 Å². The summed E-state index contributed by atoms with van der Waals surface area (Å²) in [5, 5.41) is 13.2. The fraction of sp³-hybridized carbons (Fsp3) is 0.933. The lowest BCUT2D eigenvalue weighted by atomic mass is 9.86. The van der Waals surface area contributed by atoms with Crippen LogP contribution in [0, 0.1) is 5.92 Å². The Bertz CT molecular complexity index is 289. The van der Waals surface area contributed by atoms with Gasteiger partial charge >= 0.3 is 0 Å². The highest BCUT2D eigenvalue weighted by atomic mass is 16.5. The Morgan fingerprint density at radius 3 is 2.58 bits per heavy atom. The molecule has 2 aliphatic rings. The summed E-state index contributed by atoms with van der Waals surface area (Å²) in [7, 11) is 1.63. The molecule has 2 N–H and O–H groups in total. The van der Waals surface area contributed by atoms with Gasteiger partial charge in [0.05, 0.1) is 12.1 Å². The molecule has 0 saturated heterocycles. The van der Waals surface area contributed by atoms with Crippen molar-refractivity contribution in [2.24, 2.45) is 5.92 Å². The summed E-state index contributed by atoms with van der Waals surface area (Å²) in [5.74, 6) is 0.653. The van der Waals surface area contributed by atoms with Crippen LogP contribution in [0.1, 0.15) is 57.8 Å². The lowest BCUT2D eigenvalue weighted by molar-refractivity contribution is -0.126. The van der Waals surface area contributed by atoms with Crippen molar-refractivity contribution in [3.8, 4) is 0 Å². The SMILES string of the molecule is CO[C@@H]1CCC[C@@H](NC(=O)CC2CCCCC2)[C@H]1O. The zero-order valence-electron chi connectivity index (χ0n) is 11.9. The van der Waals surface area contributed by atoms with Gasteiger partial charge in [0.15, 0.2) is 0 Å². The van der Waals surface area contributed by atoms with Gasteiger partial charge in [0.1, 0.15) is 6.10 Å². The molecule has 3 atom stereocenters. The summed E-state index contributed by atoms with van der Waals surface area (Å²) < 4.78 is 5.26. The highest BCUT2D eigenvalue weighted by Crippen LogP contribution is 2.27. The first-order valence-corrected chi connectivity index (χ1v) is 7.71. The molecule has 2 aliphatic carbocycles. The van der Waals surface area contributed by atoms with Crippen LogP contribution in [0.2, 0.25) is 0 Å². The first-order valence-electron chi connectivity index (χ1n) is 7.71. The Morgan fingerprint density at radius 1 is 1.16 bits per heavy atom. The maximum Gasteiger partial charge on any atom is 0.220 e. The van der Waals surface area contributed by atoms with Crippen LogP contribution in [0.5, 0.6) is 0 Å². The number of amides is 1. The fourth-order valence-corrected chi connectivity index (χ4v) is 3.47. The van der Waals surface area contributed by atoms with Crippen LogP contribution < -0.4 is 5.32 Å². The van der Waals surface area contributed by atoms with E-state index in [4.69, 9.17) is 4.74 Å². The Morgan fingerprint density at radius 2 is 1.89 bits per heavy atom. The van der Waals surface area contributed by atoms with E-state index in [9.17, 15) is 9.90 Å². The van der Waals surface area contributed by atoms with Crippen molar-refractivity contribution in [1.82, 2.24) is 5.32 Å². The highest BCUT2D eigenvalue weighted by Gasteiger charge is 2.33. The Hall–Kier alpha value is -0.610. The van der Waals surface area contributed by atoms with Crippen molar-refractivity contribution >= 4 is 5.91 Å². The van der Waals surface area contributed by atoms with Gasteiger partial charge in [0.2, 0.25) is 5.91 Å². The van der Waals surface area contributed by atoms with E-state index in [-0.39, 0.29) is 18.1 Å². The maximum atomic E-state index is 12.1. The minimum Gasteiger partial charge on any atom is -0.388 e. The van der Waals surface area contributed by atoms with Crippen LogP contribution in [0.4, 0.5) is 0 Å². The average molecular weight is 269 g/mol. The first-order chi connectivity index (χ1) is 9.20. The van der Waals surface area contributed by atoms with E-state index >= 15 is 0 Å². The molecule has 110 valence electrons. The summed E-state index contributed by atoms with van der Waals surface area (Å²) >= 11 is 0. The van der Waals surface area contributed by atoms with Crippen LogP contribution in [0.25, 0.3) is 0 Å². The van der Waals surface area contributed by atoms with E-state index in [0.717, 1.165) is 19.3 Å². The van der Waals surface area contributed by atoms with Crippen molar-refractivity contribution < 1.29 is 14.6 Å². The van der Waals surface area contributed by atoms with Crippen molar-refractivity contribution in [2.75, 3.05) is 7.11 Å². The molecule has 0 bridgehead atoms. The standard InChI is InChI=1S/C15H27NO3/c1-19-13-9-5-8-12(15(13)18)16-14(17)10-11-6-3-2-4-7-11/h11-13,15,18H,2-10H2,1H3,(H,16,17)/t12-,13-,15-/m1/s1. The second-order valence-electron chi connectivity index (χ2n) is 6.08. The molecule has 4 nitrogen and oxygen atoms in total. The Labute approximate surface area is 115 Å². The second-order valence-corrected chi connectivity index (χ2v) is 6.08. The molecule has 0 radical (unpaired) electrons. The molecule has 1 amide bonds. The third kappa shape index (κ3) is 4.18. The van der Waals surface area contributed by atoms with Crippen LogP contribution in [-0.2, 0) is 9.53 Å². The molecule has 0 aromatic heterocycles. The Kier molecular flexibility index (Phi) is 5.64. The van der Waals surface area contributed by atoms with Crippen molar-refractivity contribution in [1.29, 1.82) is 0 Å². The summed E-state index contributed by atoms with van der Waals surface area (Å²) in [6.07, 6.45) is 8.88. The molecule has 4 heteroatoms. The topological polar surface area (TPSA) is 58.6 Å². The highest BCUT2D eigenvalue weighted by molar-refractivity contribution is 5.76. The average Bonchev–Trinajstić information content (AvgIpc) is 2.42. The molecule has 0 heterocycles. The van der Waals surface area contributed by atoms with E-state index in [2.05, 4.69) is 5.32 Å². The van der Waals surface area contributed by atoms with Crippen molar-refractivity contribution in [2.45, 2.75) is 76.0 Å². The third-order valence-corrected chi connectivity index (χ3v) is 4.64. The summed E-state index contributed by atoms with van der Waals surface area (Å²) in [4.78, 5) is 12.1. The van der Waals surface area contributed by atoms with Gasteiger partial charge in [-0.25, -0.2) is 0 Å². The van der Waals surface area contributed by atoms with Gasteiger partial charge in [-0.1, -0.05) is 19.3 Å². The first kappa shape index (κ1) is 14.8. The predicted molar refractivity (Wildman–Crippen MR) is 73.8 cm³/mol. The molecular weight excluding hydrogens is 242 g/mol. The van der Waals surface area contributed by atoms with Gasteiger partial charge in [-0.05, 0) is 38.0 Å². The number of aliphatic hydroxyl groups is 1. The number of ether oxygens (including phenoxy) is 1.